The summed E-state index contributed by atoms with van der Waals surface area (Å²) in [5.41, 5.74) is 5.64. The number of aromatic amines is 1. The van der Waals surface area contributed by atoms with Gasteiger partial charge < -0.3 is 19.0 Å². The van der Waals surface area contributed by atoms with Crippen molar-refractivity contribution in [2.75, 3.05) is 14.2 Å². The first-order valence-electron chi connectivity index (χ1n) is 9.94. The normalized spacial score (nSPS) is 12.4. The highest BCUT2D eigenvalue weighted by Crippen LogP contribution is 2.46. The fourth-order valence-electron chi connectivity index (χ4n) is 4.59. The monoisotopic (exact) mass is 556 g/mol. The fraction of sp³-hybridized carbons (Fsp3) is 0.167. The van der Waals surface area contributed by atoms with Crippen molar-refractivity contribution in [2.24, 2.45) is 0 Å². The topological polar surface area (TPSA) is 73.3 Å². The molecule has 0 atom stereocenters. The lowest BCUT2D eigenvalue weighted by atomic mass is 9.95. The maximum Gasteiger partial charge on any atom is 0.355 e. The van der Waals surface area contributed by atoms with E-state index in [1.165, 1.54) is 14.2 Å². The van der Waals surface area contributed by atoms with E-state index >= 15 is 0 Å². The number of H-pyrrole nitrogens is 1. The Kier molecular flexibility index (Phi) is 5.22. The Labute approximate surface area is 200 Å². The molecule has 0 fully saturated rings. The summed E-state index contributed by atoms with van der Waals surface area (Å²) in [6.07, 6.45) is 0.691. The van der Waals surface area contributed by atoms with Crippen molar-refractivity contribution in [3.05, 3.63) is 68.2 Å². The second kappa shape index (κ2) is 7.94. The summed E-state index contributed by atoms with van der Waals surface area (Å²) in [6.45, 7) is 0.527. The molecule has 0 saturated heterocycles. The average molecular weight is 558 g/mol. The van der Waals surface area contributed by atoms with Crippen LogP contribution in [0, 0.1) is 0 Å². The standard InChI is InChI=1S/C24H18Br2N2O4/c1-31-23(29)19-17(12-6-4-3-5-7-12)21-20-14(8-9-28(21)22(19)24(30)32-2)18-15(26)10-13(25)11-16(18)27-20/h3-7,10-11,27H,8-9H2,1-2H3. The molecule has 162 valence electrons. The Balaban J connectivity index is 1.94. The summed E-state index contributed by atoms with van der Waals surface area (Å²) in [5.74, 6) is -1.15. The number of aryl methyl sites for hydroxylation is 1. The molecule has 3 heterocycles. The molecule has 2 aromatic carbocycles. The Morgan fingerprint density at radius 1 is 1.03 bits per heavy atom. The van der Waals surface area contributed by atoms with Gasteiger partial charge in [0, 0.05) is 32.0 Å². The van der Waals surface area contributed by atoms with Gasteiger partial charge in [0.1, 0.15) is 11.3 Å². The first kappa shape index (κ1) is 21.0. The Bertz CT molecular complexity index is 1400. The predicted molar refractivity (Wildman–Crippen MR) is 129 cm³/mol. The van der Waals surface area contributed by atoms with Gasteiger partial charge in [0.25, 0.3) is 0 Å². The smallest absolute Gasteiger partial charge is 0.355 e. The Hall–Kier alpha value is -2.84. The Morgan fingerprint density at radius 2 is 1.75 bits per heavy atom. The maximum absolute atomic E-state index is 13.0. The van der Waals surface area contributed by atoms with Crippen molar-refractivity contribution in [3.8, 4) is 22.5 Å². The molecule has 0 radical (unpaired) electrons. The van der Waals surface area contributed by atoms with Gasteiger partial charge in [-0.3, -0.25) is 0 Å². The molecule has 6 nitrogen and oxygen atoms in total. The van der Waals surface area contributed by atoms with Crippen LogP contribution in [0.2, 0.25) is 0 Å². The maximum atomic E-state index is 13.0. The fourth-order valence-corrected chi connectivity index (χ4v) is 6.05. The number of benzene rings is 2. The number of esters is 2. The van der Waals surface area contributed by atoms with Crippen molar-refractivity contribution >= 4 is 54.7 Å². The second-order valence-electron chi connectivity index (χ2n) is 7.49. The number of hydrogen-bond donors (Lipinski definition) is 1. The van der Waals surface area contributed by atoms with Crippen molar-refractivity contribution in [1.29, 1.82) is 0 Å². The molecular formula is C24H18Br2N2O4. The van der Waals surface area contributed by atoms with Crippen LogP contribution in [0.25, 0.3) is 33.4 Å². The number of hydrogen-bond acceptors (Lipinski definition) is 4. The number of nitrogens with one attached hydrogen (secondary N) is 1. The average Bonchev–Trinajstić information content (AvgIpc) is 3.34. The lowest BCUT2D eigenvalue weighted by molar-refractivity contribution is 0.0547. The van der Waals surface area contributed by atoms with Crippen LogP contribution >= 0.6 is 31.9 Å². The van der Waals surface area contributed by atoms with E-state index < -0.39 is 11.9 Å². The van der Waals surface area contributed by atoms with Crippen molar-refractivity contribution in [1.82, 2.24) is 9.55 Å². The van der Waals surface area contributed by atoms with Crippen LogP contribution in [0.3, 0.4) is 0 Å². The summed E-state index contributed by atoms with van der Waals surface area (Å²) in [5, 5.41) is 1.09. The van der Waals surface area contributed by atoms with Gasteiger partial charge in [-0.2, -0.15) is 0 Å². The van der Waals surface area contributed by atoms with Gasteiger partial charge in [-0.25, -0.2) is 9.59 Å². The number of halogens is 2. The molecule has 1 aliphatic heterocycles. The highest BCUT2D eigenvalue weighted by atomic mass is 79.9. The van der Waals surface area contributed by atoms with E-state index in [2.05, 4.69) is 36.8 Å². The number of nitrogens with zero attached hydrogens (tertiary/aromatic N) is 1. The summed E-state index contributed by atoms with van der Waals surface area (Å²) in [7, 11) is 2.63. The van der Waals surface area contributed by atoms with Crippen molar-refractivity contribution in [2.45, 2.75) is 13.0 Å². The zero-order chi connectivity index (χ0) is 22.6. The minimum Gasteiger partial charge on any atom is -0.465 e. The molecule has 8 heteroatoms. The van der Waals surface area contributed by atoms with Crippen LogP contribution in [0.1, 0.15) is 26.4 Å². The van der Waals surface area contributed by atoms with Crippen LogP contribution in [-0.4, -0.2) is 35.7 Å². The van der Waals surface area contributed by atoms with Crippen molar-refractivity contribution in [3.63, 3.8) is 0 Å². The third-order valence-electron chi connectivity index (χ3n) is 5.83. The number of aromatic nitrogens is 2. The largest absolute Gasteiger partial charge is 0.465 e. The highest BCUT2D eigenvalue weighted by molar-refractivity contribution is 9.11. The molecule has 0 unspecified atom stereocenters. The lowest BCUT2D eigenvalue weighted by Crippen LogP contribution is -2.19. The van der Waals surface area contributed by atoms with Crippen molar-refractivity contribution < 1.29 is 19.1 Å². The molecule has 0 bridgehead atoms. The summed E-state index contributed by atoms with van der Waals surface area (Å²) < 4.78 is 14.0. The van der Waals surface area contributed by atoms with Crippen LogP contribution in [0.15, 0.2) is 51.4 Å². The predicted octanol–water partition coefficient (Wildman–Crippen LogP) is 5.96. The van der Waals surface area contributed by atoms with E-state index in [0.717, 1.165) is 42.4 Å². The van der Waals surface area contributed by atoms with E-state index in [-0.39, 0.29) is 11.3 Å². The molecule has 32 heavy (non-hydrogen) atoms. The van der Waals surface area contributed by atoms with Crippen LogP contribution in [0.5, 0.6) is 0 Å². The number of carbonyl (C=O) groups is 2. The van der Waals surface area contributed by atoms with Gasteiger partial charge in [0.05, 0.1) is 25.6 Å². The van der Waals surface area contributed by atoms with E-state index in [1.54, 1.807) is 0 Å². The van der Waals surface area contributed by atoms with Gasteiger partial charge in [-0.1, -0.05) is 62.2 Å². The van der Waals surface area contributed by atoms with Gasteiger partial charge in [0.15, 0.2) is 0 Å². The van der Waals surface area contributed by atoms with E-state index in [4.69, 9.17) is 9.47 Å². The first-order valence-corrected chi connectivity index (χ1v) is 11.5. The molecule has 5 rings (SSSR count). The third kappa shape index (κ3) is 3.04. The zero-order valence-electron chi connectivity index (χ0n) is 17.3. The number of ether oxygens (including phenoxy) is 2. The second-order valence-corrected chi connectivity index (χ2v) is 9.26. The summed E-state index contributed by atoms with van der Waals surface area (Å²) in [6, 6.07) is 13.6. The molecule has 1 N–H and O–H groups in total. The number of fused-ring (bicyclic) bond motifs is 5. The molecule has 0 spiro atoms. The molecule has 0 saturated carbocycles. The quantitative estimate of drug-likeness (QED) is 0.315. The first-order chi connectivity index (χ1) is 15.5. The van der Waals surface area contributed by atoms with Gasteiger partial charge >= 0.3 is 11.9 Å². The van der Waals surface area contributed by atoms with E-state index in [9.17, 15) is 9.59 Å². The lowest BCUT2D eigenvalue weighted by Gasteiger charge is -2.19. The van der Waals surface area contributed by atoms with Crippen LogP contribution in [-0.2, 0) is 22.4 Å². The molecule has 0 aliphatic carbocycles. The Morgan fingerprint density at radius 3 is 2.44 bits per heavy atom. The third-order valence-corrected chi connectivity index (χ3v) is 6.92. The molecule has 2 aromatic heterocycles. The highest BCUT2D eigenvalue weighted by Gasteiger charge is 2.37. The minimum absolute atomic E-state index is 0.206. The zero-order valence-corrected chi connectivity index (χ0v) is 20.5. The number of rotatable bonds is 3. The van der Waals surface area contributed by atoms with Gasteiger partial charge in [0.2, 0.25) is 0 Å². The van der Waals surface area contributed by atoms with Crippen LogP contribution in [0.4, 0.5) is 0 Å². The summed E-state index contributed by atoms with van der Waals surface area (Å²) in [4.78, 5) is 29.4. The van der Waals surface area contributed by atoms with E-state index in [0.29, 0.717) is 18.5 Å². The van der Waals surface area contributed by atoms with Gasteiger partial charge in [-0.15, -0.1) is 0 Å². The van der Waals surface area contributed by atoms with Crippen LogP contribution < -0.4 is 0 Å². The summed E-state index contributed by atoms with van der Waals surface area (Å²) >= 11 is 7.25. The van der Waals surface area contributed by atoms with Gasteiger partial charge in [-0.05, 0) is 29.7 Å². The number of methoxy groups -OCH3 is 2. The SMILES string of the molecule is COC(=O)c1c(-c2ccccc2)c2n(c1C(=O)OC)CCc1c-2[nH]c2cc(Br)cc(Br)c12. The number of carbonyl (C=O) groups excluding carboxylic acids is 2. The minimum atomic E-state index is -0.576. The van der Waals surface area contributed by atoms with E-state index in [1.807, 2.05) is 47.0 Å². The molecule has 4 aromatic rings. The molecular weight excluding hydrogens is 540 g/mol. The molecule has 1 aliphatic rings. The molecule has 0 amide bonds.